The Labute approximate surface area is 231 Å². The van der Waals surface area contributed by atoms with Crippen molar-refractivity contribution >= 4 is 33.9 Å². The van der Waals surface area contributed by atoms with Gasteiger partial charge in [0.25, 0.3) is 0 Å². The van der Waals surface area contributed by atoms with Crippen molar-refractivity contribution in [1.82, 2.24) is 30.7 Å². The number of hydrogen-bond acceptors (Lipinski definition) is 8. The predicted octanol–water partition coefficient (Wildman–Crippen LogP) is 4.77. The highest BCUT2D eigenvalue weighted by Gasteiger charge is 2.32. The van der Waals surface area contributed by atoms with E-state index in [0.29, 0.717) is 63.1 Å². The maximum absolute atomic E-state index is 13.8. The summed E-state index contributed by atoms with van der Waals surface area (Å²) in [6.07, 6.45) is 8.05. The average molecular weight is 545 g/mol. The smallest absolute Gasteiger partial charge is 0.123 e. The molecule has 11 heteroatoms. The Balaban J connectivity index is 1.37. The summed E-state index contributed by atoms with van der Waals surface area (Å²) in [5.41, 5.74) is 10.3. The monoisotopic (exact) mass is 544 g/mol. The summed E-state index contributed by atoms with van der Waals surface area (Å²) in [5.74, 6) is -0.387. The van der Waals surface area contributed by atoms with E-state index in [2.05, 4.69) is 37.7 Å². The van der Waals surface area contributed by atoms with E-state index in [0.717, 1.165) is 18.5 Å². The van der Waals surface area contributed by atoms with Crippen LogP contribution in [0.4, 0.5) is 15.8 Å². The van der Waals surface area contributed by atoms with Crippen molar-refractivity contribution in [2.75, 3.05) is 17.2 Å². The molecule has 0 spiro atoms. The lowest BCUT2D eigenvalue weighted by Crippen LogP contribution is -2.38. The second kappa shape index (κ2) is 10.4. The second-order valence-electron chi connectivity index (χ2n) is 9.60. The van der Waals surface area contributed by atoms with Crippen molar-refractivity contribution < 1.29 is 5.76 Å². The molecule has 2 aromatic heterocycles. The molecule has 0 saturated heterocycles. The van der Waals surface area contributed by atoms with Crippen LogP contribution in [0.1, 0.15) is 37.1 Å². The number of rotatable bonds is 9. The van der Waals surface area contributed by atoms with E-state index in [1.54, 1.807) is 22.9 Å². The molecule has 0 unspecified atom stereocenters. The van der Waals surface area contributed by atoms with Crippen LogP contribution in [0.3, 0.4) is 0 Å². The maximum Gasteiger partial charge on any atom is 0.123 e. The van der Waals surface area contributed by atoms with Gasteiger partial charge in [-0.3, -0.25) is 14.7 Å². The molecule has 198 valence electrons. The zero-order valence-corrected chi connectivity index (χ0v) is 21.9. The van der Waals surface area contributed by atoms with Gasteiger partial charge >= 0.3 is 0 Å². The quantitative estimate of drug-likeness (QED) is 0.239. The number of nitriles is 1. The highest BCUT2D eigenvalue weighted by atomic mass is 35.5. The van der Waals surface area contributed by atoms with Gasteiger partial charge < -0.3 is 16.1 Å². The number of benzene rings is 2. The summed E-state index contributed by atoms with van der Waals surface area (Å²) in [6.45, 7) is 0.539. The van der Waals surface area contributed by atoms with Crippen molar-refractivity contribution in [3.05, 3.63) is 94.4 Å². The Morgan fingerprint density at radius 1 is 1.28 bits per heavy atom. The van der Waals surface area contributed by atoms with Crippen molar-refractivity contribution in [3.63, 3.8) is 0 Å². The van der Waals surface area contributed by atoms with Gasteiger partial charge in [0.1, 0.15) is 11.9 Å². The molecule has 2 aliphatic rings. The molecule has 0 amide bonds. The number of aryl methyl sites for hydroxylation is 1. The van der Waals surface area contributed by atoms with Gasteiger partial charge in [-0.2, -0.15) is 10.4 Å². The minimum absolute atomic E-state index is 0.366. The van der Waals surface area contributed by atoms with E-state index < -0.39 is 6.02 Å². The third kappa shape index (κ3) is 5.32. The number of fused-ring (bicyclic) bond motifs is 1. The lowest BCUT2D eigenvalue weighted by Gasteiger charge is -2.22. The molecule has 4 N–H and O–H groups in total. The third-order valence-electron chi connectivity index (χ3n) is 6.70. The van der Waals surface area contributed by atoms with Crippen molar-refractivity contribution in [2.24, 2.45) is 7.05 Å². The van der Waals surface area contributed by atoms with Crippen molar-refractivity contribution in [3.8, 4) is 6.07 Å². The van der Waals surface area contributed by atoms with Gasteiger partial charge in [-0.05, 0) is 48.7 Å². The molecule has 0 bridgehead atoms. The SMILES string of the molecule is [2H][C@](Nc1cc(Cl)c2ncc(C#N)c(NCCc3ccn(C)n3)c2c1)(C1=CN(C2CC2)NN1)c1ccc(F)cc1. The zero-order chi connectivity index (χ0) is 27.9. The van der Waals surface area contributed by atoms with Crippen LogP contribution in [0.25, 0.3) is 10.9 Å². The number of hydrogen-bond donors (Lipinski definition) is 4. The zero-order valence-electron chi connectivity index (χ0n) is 22.2. The molecule has 1 aliphatic carbocycles. The minimum Gasteiger partial charge on any atom is -0.383 e. The second-order valence-corrected chi connectivity index (χ2v) is 10.0. The van der Waals surface area contributed by atoms with E-state index >= 15 is 0 Å². The fourth-order valence-corrected chi connectivity index (χ4v) is 4.85. The highest BCUT2D eigenvalue weighted by molar-refractivity contribution is 6.35. The van der Waals surface area contributed by atoms with E-state index in [-0.39, 0.29) is 5.82 Å². The summed E-state index contributed by atoms with van der Waals surface area (Å²) >= 11 is 6.70. The number of hydrazine groups is 2. The van der Waals surface area contributed by atoms with Gasteiger partial charge in [0.05, 0.1) is 40.6 Å². The summed E-state index contributed by atoms with van der Waals surface area (Å²) in [5, 5.41) is 23.9. The highest BCUT2D eigenvalue weighted by Crippen LogP contribution is 2.36. The van der Waals surface area contributed by atoms with Crippen LogP contribution < -0.4 is 21.6 Å². The normalized spacial score (nSPS) is 16.7. The van der Waals surface area contributed by atoms with Gasteiger partial charge in [0.15, 0.2) is 0 Å². The van der Waals surface area contributed by atoms with E-state index in [1.807, 2.05) is 36.6 Å². The molecule has 9 nitrogen and oxygen atoms in total. The molecule has 39 heavy (non-hydrogen) atoms. The number of pyridine rings is 1. The molecule has 2 aromatic carbocycles. The summed E-state index contributed by atoms with van der Waals surface area (Å²) < 4.78 is 25.1. The molecule has 1 fully saturated rings. The van der Waals surface area contributed by atoms with Crippen molar-refractivity contribution in [2.45, 2.75) is 31.3 Å². The summed E-state index contributed by atoms with van der Waals surface area (Å²) in [4.78, 5) is 4.43. The van der Waals surface area contributed by atoms with Crippen LogP contribution in [0.2, 0.25) is 5.02 Å². The first-order valence-corrected chi connectivity index (χ1v) is 13.0. The lowest BCUT2D eigenvalue weighted by molar-refractivity contribution is 0.260. The topological polar surface area (TPSA) is 106 Å². The Kier molecular flexibility index (Phi) is 6.36. The van der Waals surface area contributed by atoms with Crippen LogP contribution in [0.5, 0.6) is 0 Å². The first-order chi connectivity index (χ1) is 19.3. The number of anilines is 2. The van der Waals surface area contributed by atoms with Gasteiger partial charge in [-0.15, -0.1) is 5.53 Å². The summed E-state index contributed by atoms with van der Waals surface area (Å²) in [6, 6.07) is 12.4. The van der Waals surface area contributed by atoms with E-state index in [1.165, 1.54) is 18.3 Å². The standard InChI is InChI=1S/C28H27ClFN9/c1-38-11-9-20(36-38)8-10-32-26-18(14-31)15-33-28-23(26)12-21(13-24(28)29)34-27(17-2-4-19(30)5-3-17)25-16-39(37-35-25)22-6-7-22/h2-5,9,11-13,15-16,22,27,34-35,37H,6-8,10H2,1H3,(H,32,33)/t27-/m1/s1/i27D. The van der Waals surface area contributed by atoms with Gasteiger partial charge in [-0.1, -0.05) is 23.7 Å². The third-order valence-corrected chi connectivity index (χ3v) is 6.98. The first kappa shape index (κ1) is 23.8. The van der Waals surface area contributed by atoms with E-state index in [9.17, 15) is 11.0 Å². The average Bonchev–Trinajstić information content (AvgIpc) is 3.51. The molecular formula is C28H27ClFN9. The maximum atomic E-state index is 13.8. The molecule has 0 radical (unpaired) electrons. The van der Waals surface area contributed by atoms with Gasteiger partial charge in [0, 0.05) is 55.7 Å². The molecule has 1 aliphatic heterocycles. The van der Waals surface area contributed by atoms with Gasteiger partial charge in [-0.25, -0.2) is 4.39 Å². The van der Waals surface area contributed by atoms with E-state index in [4.69, 9.17) is 11.6 Å². The number of nitrogens with one attached hydrogen (secondary N) is 4. The Morgan fingerprint density at radius 2 is 2.10 bits per heavy atom. The summed E-state index contributed by atoms with van der Waals surface area (Å²) in [7, 11) is 1.87. The van der Waals surface area contributed by atoms with Crippen LogP contribution in [0.15, 0.2) is 66.8 Å². The Hall–Kier alpha value is -4.33. The molecule has 6 rings (SSSR count). The molecule has 4 aromatic rings. The Bertz CT molecular complexity index is 1640. The fraction of sp³-hybridized carbons (Fsp3) is 0.250. The Morgan fingerprint density at radius 3 is 2.82 bits per heavy atom. The number of nitrogens with zero attached hydrogens (tertiary/aromatic N) is 5. The van der Waals surface area contributed by atoms with Crippen LogP contribution in [-0.4, -0.2) is 32.4 Å². The van der Waals surface area contributed by atoms with Crippen LogP contribution >= 0.6 is 11.6 Å². The first-order valence-electron chi connectivity index (χ1n) is 13.2. The fourth-order valence-electron chi connectivity index (χ4n) is 4.58. The van der Waals surface area contributed by atoms with Crippen molar-refractivity contribution in [1.29, 1.82) is 5.26 Å². The number of aromatic nitrogens is 3. The van der Waals surface area contributed by atoms with Crippen LogP contribution in [-0.2, 0) is 13.5 Å². The number of halogens is 2. The minimum atomic E-state index is -1.52. The molecule has 1 atom stereocenters. The largest absolute Gasteiger partial charge is 0.383 e. The van der Waals surface area contributed by atoms with Gasteiger partial charge in [0.2, 0.25) is 0 Å². The molecule has 3 heterocycles. The predicted molar refractivity (Wildman–Crippen MR) is 149 cm³/mol. The van der Waals surface area contributed by atoms with Crippen LogP contribution in [0, 0.1) is 17.1 Å². The molecule has 1 saturated carbocycles. The lowest BCUT2D eigenvalue weighted by atomic mass is 10.0. The molecular weight excluding hydrogens is 517 g/mol.